The molecule has 1 saturated heterocycles. The van der Waals surface area contributed by atoms with Crippen LogP contribution in [0.5, 0.6) is 11.5 Å². The van der Waals surface area contributed by atoms with Crippen molar-refractivity contribution in [1.82, 2.24) is 0 Å². The molecule has 6 nitrogen and oxygen atoms in total. The molecule has 1 aliphatic heterocycles. The van der Waals surface area contributed by atoms with E-state index < -0.39 is 24.6 Å². The maximum atomic E-state index is 11.3. The summed E-state index contributed by atoms with van der Waals surface area (Å²) in [6, 6.07) is 0. The highest BCUT2D eigenvalue weighted by molar-refractivity contribution is 5.64. The highest BCUT2D eigenvalue weighted by Crippen LogP contribution is 2.58. The molecule has 0 spiro atoms. The number of aliphatic hydroxyl groups excluding tert-OH is 3. The Hall–Kier alpha value is -1.60. The van der Waals surface area contributed by atoms with Crippen LogP contribution in [0.1, 0.15) is 87.0 Å². The van der Waals surface area contributed by atoms with Gasteiger partial charge in [0.15, 0.2) is 11.5 Å². The number of hydrogen-bond donors (Lipinski definition) is 4. The lowest BCUT2D eigenvalue weighted by Gasteiger charge is -2.44. The van der Waals surface area contributed by atoms with Crippen molar-refractivity contribution in [2.24, 2.45) is 5.92 Å². The minimum Gasteiger partial charge on any atom is -0.504 e. The van der Waals surface area contributed by atoms with Crippen LogP contribution in [0.15, 0.2) is 11.6 Å². The van der Waals surface area contributed by atoms with Crippen LogP contribution in [0.2, 0.25) is 0 Å². The van der Waals surface area contributed by atoms with Crippen molar-refractivity contribution < 1.29 is 29.9 Å². The van der Waals surface area contributed by atoms with Crippen molar-refractivity contribution in [3.63, 3.8) is 0 Å². The zero-order chi connectivity index (χ0) is 22.6. The van der Waals surface area contributed by atoms with Crippen LogP contribution in [0.25, 0.3) is 0 Å². The first kappa shape index (κ1) is 22.6. The fourth-order valence-corrected chi connectivity index (χ4v) is 5.90. The van der Waals surface area contributed by atoms with Crippen LogP contribution < -0.4 is 4.74 Å². The maximum Gasteiger partial charge on any atom is 0.229 e. The van der Waals surface area contributed by atoms with E-state index in [2.05, 4.69) is 33.8 Å². The van der Waals surface area contributed by atoms with Gasteiger partial charge < -0.3 is 29.9 Å². The van der Waals surface area contributed by atoms with Crippen LogP contribution in [-0.4, -0.2) is 51.6 Å². The molecule has 8 atom stereocenters. The number of phenols is 1. The minimum atomic E-state index is -1.40. The summed E-state index contributed by atoms with van der Waals surface area (Å²) in [5, 5.41) is 41.5. The fourth-order valence-electron chi connectivity index (χ4n) is 5.90. The molecule has 7 unspecified atom stereocenters. The van der Waals surface area contributed by atoms with E-state index in [4.69, 9.17) is 9.47 Å². The monoisotopic (exact) mass is 432 g/mol. The topological polar surface area (TPSA) is 99.4 Å². The third kappa shape index (κ3) is 3.78. The summed E-state index contributed by atoms with van der Waals surface area (Å²) < 4.78 is 11.6. The molecule has 6 heteroatoms. The van der Waals surface area contributed by atoms with Crippen molar-refractivity contribution in [2.75, 3.05) is 6.61 Å². The van der Waals surface area contributed by atoms with Gasteiger partial charge in [-0.3, -0.25) is 0 Å². The first-order valence-corrected chi connectivity index (χ1v) is 11.5. The fraction of sp³-hybridized carbons (Fsp3) is 0.680. The number of phenolic OH excluding ortho intramolecular Hbond substituents is 1. The molecular weight excluding hydrogens is 396 g/mol. The number of allylic oxidation sites excluding steroid dienone is 2. The molecule has 0 saturated carbocycles. The van der Waals surface area contributed by atoms with Crippen molar-refractivity contribution in [3.05, 3.63) is 33.9 Å². The lowest BCUT2D eigenvalue weighted by Crippen LogP contribution is -2.54. The molecule has 1 aromatic rings. The zero-order valence-corrected chi connectivity index (χ0v) is 19.1. The Labute approximate surface area is 184 Å². The number of benzene rings is 1. The van der Waals surface area contributed by atoms with Gasteiger partial charge in [0.1, 0.15) is 18.3 Å². The van der Waals surface area contributed by atoms with Gasteiger partial charge in [0.2, 0.25) is 6.29 Å². The molecular formula is C25H36O6. The lowest BCUT2D eigenvalue weighted by molar-refractivity contribution is -0.242. The van der Waals surface area contributed by atoms with E-state index in [0.29, 0.717) is 17.6 Å². The Kier molecular flexibility index (Phi) is 6.12. The summed E-state index contributed by atoms with van der Waals surface area (Å²) in [5.41, 5.74) is 5.59. The molecule has 0 amide bonds. The molecule has 3 aliphatic rings. The van der Waals surface area contributed by atoms with Crippen molar-refractivity contribution in [3.8, 4) is 11.5 Å². The predicted octanol–water partition coefficient (Wildman–Crippen LogP) is 3.59. The minimum absolute atomic E-state index is 0.0828. The van der Waals surface area contributed by atoms with E-state index >= 15 is 0 Å². The first-order chi connectivity index (χ1) is 14.6. The third-order valence-electron chi connectivity index (χ3n) is 7.48. The Morgan fingerprint density at radius 2 is 1.74 bits per heavy atom. The molecule has 4 N–H and O–H groups in total. The van der Waals surface area contributed by atoms with E-state index in [1.54, 1.807) is 0 Å². The third-order valence-corrected chi connectivity index (χ3v) is 7.48. The van der Waals surface area contributed by atoms with Crippen LogP contribution in [0.3, 0.4) is 0 Å². The van der Waals surface area contributed by atoms with Gasteiger partial charge in [0.25, 0.3) is 0 Å². The Morgan fingerprint density at radius 1 is 1.03 bits per heavy atom. The number of aromatic hydroxyl groups is 1. The summed E-state index contributed by atoms with van der Waals surface area (Å²) in [6.45, 7) is 10.5. The number of ether oxygens (including phenoxy) is 2. The maximum absolute atomic E-state index is 11.3. The Morgan fingerprint density at radius 3 is 2.42 bits per heavy atom. The van der Waals surface area contributed by atoms with E-state index in [1.165, 1.54) is 16.7 Å². The molecule has 4 rings (SSSR count). The second kappa shape index (κ2) is 8.39. The quantitative estimate of drug-likeness (QED) is 0.545. The zero-order valence-electron chi connectivity index (χ0n) is 19.1. The molecule has 1 fully saturated rings. The molecule has 31 heavy (non-hydrogen) atoms. The number of aliphatic hydroxyl groups is 3. The van der Waals surface area contributed by atoms with Gasteiger partial charge in [0.05, 0.1) is 6.61 Å². The van der Waals surface area contributed by atoms with E-state index in [-0.39, 0.29) is 24.2 Å². The average molecular weight is 433 g/mol. The standard InChI is InChI=1S/C25H36O6/c1-11(2)8-15-9-13(4)16-7-6-12(3)18-20(16)19(15)14(5)21(27)24(18)31-25-23(29)22(28)17(26)10-30-25/h8,12-13,15-17,22-23,25-29H,6-7,9-10H2,1-5H3/t12?,13?,15-,16?,17?,22?,23?,25?/m0/s1. The van der Waals surface area contributed by atoms with Crippen LogP contribution in [0.4, 0.5) is 0 Å². The van der Waals surface area contributed by atoms with E-state index in [0.717, 1.165) is 30.4 Å². The molecule has 172 valence electrons. The average Bonchev–Trinajstić information content (AvgIpc) is 2.70. The second-order valence-corrected chi connectivity index (χ2v) is 10.1. The first-order valence-electron chi connectivity index (χ1n) is 11.5. The van der Waals surface area contributed by atoms with Gasteiger partial charge in [-0.25, -0.2) is 0 Å². The molecule has 0 bridgehead atoms. The predicted molar refractivity (Wildman–Crippen MR) is 118 cm³/mol. The molecule has 0 radical (unpaired) electrons. The summed E-state index contributed by atoms with van der Waals surface area (Å²) >= 11 is 0. The molecule has 1 aromatic carbocycles. The molecule has 0 aromatic heterocycles. The number of hydrogen-bond acceptors (Lipinski definition) is 6. The SMILES string of the molecule is CC(C)=C[C@H]1CC(C)C2CCC(C)c3c(OC4OCC(O)C(O)C4O)c(O)c(C)c1c32. The van der Waals surface area contributed by atoms with Gasteiger partial charge in [-0.2, -0.15) is 0 Å². The van der Waals surface area contributed by atoms with Gasteiger partial charge >= 0.3 is 0 Å². The van der Waals surface area contributed by atoms with E-state index in [1.807, 2.05) is 6.92 Å². The highest BCUT2D eigenvalue weighted by atomic mass is 16.7. The Bertz CT molecular complexity index is 873. The van der Waals surface area contributed by atoms with Crippen LogP contribution in [0, 0.1) is 12.8 Å². The smallest absolute Gasteiger partial charge is 0.229 e. The Balaban J connectivity index is 1.86. The van der Waals surface area contributed by atoms with Crippen molar-refractivity contribution >= 4 is 0 Å². The van der Waals surface area contributed by atoms with Gasteiger partial charge in [-0.15, -0.1) is 0 Å². The normalized spacial score (nSPS) is 37.2. The molecule has 2 aliphatic carbocycles. The summed E-state index contributed by atoms with van der Waals surface area (Å²) in [4.78, 5) is 0. The summed E-state index contributed by atoms with van der Waals surface area (Å²) in [7, 11) is 0. The van der Waals surface area contributed by atoms with Gasteiger partial charge in [-0.05, 0) is 74.5 Å². The lowest BCUT2D eigenvalue weighted by atomic mass is 9.62. The number of rotatable bonds is 3. The van der Waals surface area contributed by atoms with E-state index in [9.17, 15) is 20.4 Å². The van der Waals surface area contributed by atoms with Crippen LogP contribution in [-0.2, 0) is 4.74 Å². The molecule has 1 heterocycles. The van der Waals surface area contributed by atoms with Gasteiger partial charge in [0, 0.05) is 11.5 Å². The highest BCUT2D eigenvalue weighted by Gasteiger charge is 2.44. The van der Waals surface area contributed by atoms with Crippen molar-refractivity contribution in [2.45, 2.75) is 96.2 Å². The summed E-state index contributed by atoms with van der Waals surface area (Å²) in [6.07, 6.45) is 0.402. The summed E-state index contributed by atoms with van der Waals surface area (Å²) in [5.74, 6) is 1.81. The second-order valence-electron chi connectivity index (χ2n) is 10.1. The van der Waals surface area contributed by atoms with Crippen LogP contribution >= 0.6 is 0 Å². The largest absolute Gasteiger partial charge is 0.504 e. The van der Waals surface area contributed by atoms with Gasteiger partial charge in [-0.1, -0.05) is 25.5 Å². The van der Waals surface area contributed by atoms with Crippen molar-refractivity contribution in [1.29, 1.82) is 0 Å².